The van der Waals surface area contributed by atoms with Crippen molar-refractivity contribution < 1.29 is 9.59 Å². The number of aryl methyl sites for hydroxylation is 2. The van der Waals surface area contributed by atoms with E-state index < -0.39 is 11.8 Å². The zero-order chi connectivity index (χ0) is 13.8. The van der Waals surface area contributed by atoms with Gasteiger partial charge in [0.2, 0.25) is 0 Å². The first kappa shape index (κ1) is 13.3. The maximum atomic E-state index is 11.4. The standard InChI is InChI=1S/C14H17N3O2/c1-9-3-4-11(10(2)7-9)8-15-17-14(19)13(18)16-12-5-6-12/h3-4,7-8,12H,5-6H2,1-2H3,(H,16,18)(H,17,19)/b15-8-. The maximum absolute atomic E-state index is 11.4. The molecule has 1 fully saturated rings. The average Bonchev–Trinajstić information content (AvgIpc) is 3.15. The first-order chi connectivity index (χ1) is 9.06. The van der Waals surface area contributed by atoms with Crippen LogP contribution in [0.4, 0.5) is 0 Å². The van der Waals surface area contributed by atoms with Crippen molar-refractivity contribution in [1.82, 2.24) is 10.7 Å². The number of carbonyl (C=O) groups excluding carboxylic acids is 2. The molecular weight excluding hydrogens is 242 g/mol. The number of hydrogen-bond donors (Lipinski definition) is 2. The van der Waals surface area contributed by atoms with Gasteiger partial charge in [0.15, 0.2) is 0 Å². The van der Waals surface area contributed by atoms with Crippen LogP contribution in [0.5, 0.6) is 0 Å². The fraction of sp³-hybridized carbons (Fsp3) is 0.357. The van der Waals surface area contributed by atoms with Crippen molar-refractivity contribution in [3.8, 4) is 0 Å². The highest BCUT2D eigenvalue weighted by molar-refractivity contribution is 6.35. The Morgan fingerprint density at radius 3 is 2.63 bits per heavy atom. The van der Waals surface area contributed by atoms with Gasteiger partial charge in [-0.05, 0) is 37.8 Å². The van der Waals surface area contributed by atoms with Gasteiger partial charge in [-0.1, -0.05) is 23.8 Å². The molecule has 0 bridgehead atoms. The first-order valence-corrected chi connectivity index (χ1v) is 6.27. The third-order valence-electron chi connectivity index (χ3n) is 2.91. The van der Waals surface area contributed by atoms with Crippen LogP contribution >= 0.6 is 0 Å². The van der Waals surface area contributed by atoms with Gasteiger partial charge in [0.1, 0.15) is 0 Å². The van der Waals surface area contributed by atoms with Crippen LogP contribution in [0.2, 0.25) is 0 Å². The number of amides is 2. The van der Waals surface area contributed by atoms with Crippen molar-refractivity contribution >= 4 is 18.0 Å². The summed E-state index contributed by atoms with van der Waals surface area (Å²) in [4.78, 5) is 22.7. The van der Waals surface area contributed by atoms with Gasteiger partial charge in [0, 0.05) is 6.04 Å². The Labute approximate surface area is 112 Å². The van der Waals surface area contributed by atoms with Crippen LogP contribution in [-0.2, 0) is 9.59 Å². The number of benzene rings is 1. The Kier molecular flexibility index (Phi) is 3.94. The van der Waals surface area contributed by atoms with E-state index in [0.29, 0.717) is 0 Å². The SMILES string of the molecule is Cc1ccc(/C=N\NC(=O)C(=O)NC2CC2)c(C)c1. The van der Waals surface area contributed by atoms with Crippen molar-refractivity contribution in [3.63, 3.8) is 0 Å². The largest absolute Gasteiger partial charge is 0.345 e. The first-order valence-electron chi connectivity index (χ1n) is 6.27. The van der Waals surface area contributed by atoms with Crippen molar-refractivity contribution in [2.75, 3.05) is 0 Å². The Hall–Kier alpha value is -2.17. The fourth-order valence-electron chi connectivity index (χ4n) is 1.66. The summed E-state index contributed by atoms with van der Waals surface area (Å²) in [7, 11) is 0. The molecule has 100 valence electrons. The van der Waals surface area contributed by atoms with Gasteiger partial charge in [0.05, 0.1) is 6.21 Å². The molecule has 1 aromatic carbocycles. The smallest absolute Gasteiger partial charge is 0.329 e. The molecule has 0 aliphatic heterocycles. The molecule has 2 rings (SSSR count). The predicted molar refractivity (Wildman–Crippen MR) is 72.8 cm³/mol. The molecule has 0 aromatic heterocycles. The molecule has 0 spiro atoms. The molecule has 0 unspecified atom stereocenters. The minimum absolute atomic E-state index is 0.168. The lowest BCUT2D eigenvalue weighted by Crippen LogP contribution is -2.38. The number of nitrogens with zero attached hydrogens (tertiary/aromatic N) is 1. The predicted octanol–water partition coefficient (Wildman–Crippen LogP) is 1.03. The molecule has 19 heavy (non-hydrogen) atoms. The van der Waals surface area contributed by atoms with E-state index in [1.807, 2.05) is 32.0 Å². The van der Waals surface area contributed by atoms with Gasteiger partial charge in [0.25, 0.3) is 0 Å². The summed E-state index contributed by atoms with van der Waals surface area (Å²) in [6.45, 7) is 3.98. The van der Waals surface area contributed by atoms with Crippen LogP contribution in [0.25, 0.3) is 0 Å². The van der Waals surface area contributed by atoms with Gasteiger partial charge in [-0.2, -0.15) is 5.10 Å². The zero-order valence-corrected chi connectivity index (χ0v) is 11.1. The average molecular weight is 259 g/mol. The highest BCUT2D eigenvalue weighted by Crippen LogP contribution is 2.18. The van der Waals surface area contributed by atoms with E-state index in [2.05, 4.69) is 15.8 Å². The van der Waals surface area contributed by atoms with Gasteiger partial charge in [-0.15, -0.1) is 0 Å². The Bertz CT molecular complexity index is 533. The maximum Gasteiger partial charge on any atom is 0.329 e. The molecule has 0 atom stereocenters. The van der Waals surface area contributed by atoms with Crippen LogP contribution in [0, 0.1) is 13.8 Å². The van der Waals surface area contributed by atoms with Crippen molar-refractivity contribution in [3.05, 3.63) is 34.9 Å². The summed E-state index contributed by atoms with van der Waals surface area (Å²) in [5.74, 6) is -1.35. The second-order valence-corrected chi connectivity index (χ2v) is 4.81. The topological polar surface area (TPSA) is 70.6 Å². The third-order valence-corrected chi connectivity index (χ3v) is 2.91. The van der Waals surface area contributed by atoms with Gasteiger partial charge >= 0.3 is 11.8 Å². The molecule has 5 nitrogen and oxygen atoms in total. The quantitative estimate of drug-likeness (QED) is 0.483. The van der Waals surface area contributed by atoms with E-state index in [4.69, 9.17) is 0 Å². The number of hydrogen-bond acceptors (Lipinski definition) is 3. The normalized spacial score (nSPS) is 14.4. The van der Waals surface area contributed by atoms with Crippen LogP contribution < -0.4 is 10.7 Å². The van der Waals surface area contributed by atoms with Crippen LogP contribution in [0.15, 0.2) is 23.3 Å². The monoisotopic (exact) mass is 259 g/mol. The van der Waals surface area contributed by atoms with Crippen LogP contribution in [-0.4, -0.2) is 24.1 Å². The number of hydrazone groups is 1. The van der Waals surface area contributed by atoms with Gasteiger partial charge in [-0.25, -0.2) is 5.43 Å². The van der Waals surface area contributed by atoms with E-state index in [-0.39, 0.29) is 6.04 Å². The molecule has 0 radical (unpaired) electrons. The van der Waals surface area contributed by atoms with Crippen LogP contribution in [0.3, 0.4) is 0 Å². The molecule has 1 aromatic rings. The summed E-state index contributed by atoms with van der Waals surface area (Å²) in [6, 6.07) is 6.09. The summed E-state index contributed by atoms with van der Waals surface area (Å²) < 4.78 is 0. The second-order valence-electron chi connectivity index (χ2n) is 4.81. The van der Waals surface area contributed by atoms with Crippen molar-refractivity contribution in [2.45, 2.75) is 32.7 Å². The Morgan fingerprint density at radius 1 is 1.26 bits per heavy atom. The third kappa shape index (κ3) is 3.91. The molecule has 5 heteroatoms. The van der Waals surface area contributed by atoms with Crippen molar-refractivity contribution in [1.29, 1.82) is 0 Å². The van der Waals surface area contributed by atoms with Gasteiger partial charge < -0.3 is 5.32 Å². The molecule has 1 aliphatic rings. The van der Waals surface area contributed by atoms with E-state index >= 15 is 0 Å². The van der Waals surface area contributed by atoms with Crippen LogP contribution in [0.1, 0.15) is 29.5 Å². The molecule has 0 saturated heterocycles. The Morgan fingerprint density at radius 2 is 2.00 bits per heavy atom. The minimum atomic E-state index is -0.729. The number of nitrogens with one attached hydrogen (secondary N) is 2. The lowest BCUT2D eigenvalue weighted by Gasteiger charge is -2.02. The van der Waals surface area contributed by atoms with E-state index in [9.17, 15) is 9.59 Å². The zero-order valence-electron chi connectivity index (χ0n) is 11.1. The molecule has 2 N–H and O–H groups in total. The summed E-state index contributed by atoms with van der Waals surface area (Å²) in [5.41, 5.74) is 5.37. The molecular formula is C14H17N3O2. The summed E-state index contributed by atoms with van der Waals surface area (Å²) in [6.07, 6.45) is 3.44. The molecule has 1 saturated carbocycles. The molecule has 0 heterocycles. The van der Waals surface area contributed by atoms with E-state index in [1.54, 1.807) is 0 Å². The van der Waals surface area contributed by atoms with E-state index in [0.717, 1.165) is 24.0 Å². The fourth-order valence-corrected chi connectivity index (χ4v) is 1.66. The number of rotatable bonds is 3. The number of carbonyl (C=O) groups is 2. The van der Waals surface area contributed by atoms with Crippen molar-refractivity contribution in [2.24, 2.45) is 5.10 Å². The Balaban J connectivity index is 1.88. The second kappa shape index (κ2) is 5.65. The minimum Gasteiger partial charge on any atom is -0.345 e. The van der Waals surface area contributed by atoms with E-state index in [1.165, 1.54) is 11.8 Å². The lowest BCUT2D eigenvalue weighted by atomic mass is 10.1. The summed E-state index contributed by atoms with van der Waals surface area (Å²) in [5, 5.41) is 6.39. The highest BCUT2D eigenvalue weighted by Gasteiger charge is 2.26. The summed E-state index contributed by atoms with van der Waals surface area (Å²) >= 11 is 0. The molecule has 1 aliphatic carbocycles. The molecule has 2 amide bonds. The van der Waals surface area contributed by atoms with Gasteiger partial charge in [-0.3, -0.25) is 9.59 Å². The highest BCUT2D eigenvalue weighted by atomic mass is 16.2. The lowest BCUT2D eigenvalue weighted by molar-refractivity contribution is -0.139.